The van der Waals surface area contributed by atoms with Gasteiger partial charge in [0.2, 0.25) is 0 Å². The van der Waals surface area contributed by atoms with Crippen molar-refractivity contribution in [1.82, 2.24) is 0 Å². The van der Waals surface area contributed by atoms with Gasteiger partial charge in [-0.25, -0.2) is 4.39 Å². The Hall–Kier alpha value is -1.09. The van der Waals surface area contributed by atoms with Crippen LogP contribution in [0.2, 0.25) is 0 Å². The molecule has 3 heteroatoms. The molecule has 90 valence electrons. The first-order valence-electron chi connectivity index (χ1n) is 5.55. The van der Waals surface area contributed by atoms with Crippen LogP contribution in [0.3, 0.4) is 0 Å². The number of methoxy groups -OCH3 is 1. The van der Waals surface area contributed by atoms with E-state index in [1.807, 2.05) is 13.8 Å². The highest BCUT2D eigenvalue weighted by Gasteiger charge is 2.12. The Balaban J connectivity index is 2.67. The summed E-state index contributed by atoms with van der Waals surface area (Å²) >= 11 is 0. The first-order chi connectivity index (χ1) is 7.56. The molecule has 0 aromatic heterocycles. The van der Waals surface area contributed by atoms with E-state index in [-0.39, 0.29) is 23.6 Å². The second kappa shape index (κ2) is 5.85. The van der Waals surface area contributed by atoms with Crippen LogP contribution in [-0.4, -0.2) is 18.3 Å². The molecule has 1 aromatic carbocycles. The Morgan fingerprint density at radius 1 is 1.38 bits per heavy atom. The molecule has 0 heterocycles. The van der Waals surface area contributed by atoms with Gasteiger partial charge in [0.1, 0.15) is 0 Å². The molecule has 1 aromatic rings. The third-order valence-corrected chi connectivity index (χ3v) is 2.74. The van der Waals surface area contributed by atoms with E-state index in [0.29, 0.717) is 18.4 Å². The lowest BCUT2D eigenvalue weighted by atomic mass is 9.99. The predicted molar refractivity (Wildman–Crippen MR) is 62.1 cm³/mol. The molecule has 0 saturated heterocycles. The third kappa shape index (κ3) is 3.20. The summed E-state index contributed by atoms with van der Waals surface area (Å²) in [7, 11) is 1.45. The van der Waals surface area contributed by atoms with Crippen LogP contribution in [0.1, 0.15) is 25.8 Å². The molecule has 1 N–H and O–H groups in total. The Morgan fingerprint density at radius 2 is 2.06 bits per heavy atom. The maximum atomic E-state index is 13.7. The minimum Gasteiger partial charge on any atom is -0.494 e. The van der Waals surface area contributed by atoms with E-state index in [2.05, 4.69) is 0 Å². The molecule has 0 aliphatic carbocycles. The summed E-state index contributed by atoms with van der Waals surface area (Å²) in [5, 5.41) is 9.65. The van der Waals surface area contributed by atoms with Gasteiger partial charge in [0.25, 0.3) is 0 Å². The lowest BCUT2D eigenvalue weighted by Gasteiger charge is -2.14. The van der Waals surface area contributed by atoms with Gasteiger partial charge in [-0.15, -0.1) is 0 Å². The molecule has 1 unspecified atom stereocenters. The van der Waals surface area contributed by atoms with Crippen LogP contribution in [0, 0.1) is 11.7 Å². The molecular weight excluding hydrogens is 207 g/mol. The second-order valence-corrected chi connectivity index (χ2v) is 4.28. The van der Waals surface area contributed by atoms with Crippen molar-refractivity contribution in [2.75, 3.05) is 7.11 Å². The molecule has 0 fully saturated rings. The summed E-state index contributed by atoms with van der Waals surface area (Å²) in [6.07, 6.45) is 0.718. The molecule has 0 radical (unpaired) electrons. The zero-order valence-corrected chi connectivity index (χ0v) is 10.0. The number of hydrogen-bond donors (Lipinski definition) is 1. The molecular formula is C13H19FO2. The SMILES string of the molecule is COc1cccc(CCC(O)C(C)C)c1F. The van der Waals surface area contributed by atoms with Crippen molar-refractivity contribution in [3.05, 3.63) is 29.6 Å². The van der Waals surface area contributed by atoms with Gasteiger partial charge in [-0.1, -0.05) is 26.0 Å². The van der Waals surface area contributed by atoms with Crippen molar-refractivity contribution in [1.29, 1.82) is 0 Å². The van der Waals surface area contributed by atoms with Crippen LogP contribution >= 0.6 is 0 Å². The smallest absolute Gasteiger partial charge is 0.168 e. The van der Waals surface area contributed by atoms with Gasteiger partial charge in [0.05, 0.1) is 13.2 Å². The number of ether oxygens (including phenoxy) is 1. The predicted octanol–water partition coefficient (Wildman–Crippen LogP) is 2.78. The lowest BCUT2D eigenvalue weighted by Crippen LogP contribution is -2.15. The van der Waals surface area contributed by atoms with Crippen molar-refractivity contribution >= 4 is 0 Å². The van der Waals surface area contributed by atoms with E-state index in [4.69, 9.17) is 4.74 Å². The van der Waals surface area contributed by atoms with Gasteiger partial charge in [-0.2, -0.15) is 0 Å². The maximum Gasteiger partial charge on any atom is 0.168 e. The van der Waals surface area contributed by atoms with E-state index in [1.165, 1.54) is 7.11 Å². The van der Waals surface area contributed by atoms with Crippen LogP contribution in [0.5, 0.6) is 5.75 Å². The Bertz CT molecular complexity index is 337. The molecule has 0 aliphatic heterocycles. The number of aliphatic hydroxyl groups excluding tert-OH is 1. The number of aryl methyl sites for hydroxylation is 1. The van der Waals surface area contributed by atoms with E-state index >= 15 is 0 Å². The summed E-state index contributed by atoms with van der Waals surface area (Å²) in [6.45, 7) is 3.90. The quantitative estimate of drug-likeness (QED) is 0.836. The normalized spacial score (nSPS) is 12.9. The fourth-order valence-electron chi connectivity index (χ4n) is 1.54. The highest BCUT2D eigenvalue weighted by Crippen LogP contribution is 2.22. The molecule has 0 aliphatic rings. The lowest BCUT2D eigenvalue weighted by molar-refractivity contribution is 0.116. The van der Waals surface area contributed by atoms with Gasteiger partial charge >= 0.3 is 0 Å². The van der Waals surface area contributed by atoms with E-state index in [9.17, 15) is 9.50 Å². The van der Waals surface area contributed by atoms with Gasteiger partial charge in [0.15, 0.2) is 11.6 Å². The maximum absolute atomic E-state index is 13.7. The average Bonchev–Trinajstić information content (AvgIpc) is 2.27. The minimum atomic E-state index is -0.384. The van der Waals surface area contributed by atoms with E-state index < -0.39 is 0 Å². The highest BCUT2D eigenvalue weighted by molar-refractivity contribution is 5.31. The standard InChI is InChI=1S/C13H19FO2/c1-9(2)11(15)8-7-10-5-4-6-12(16-3)13(10)14/h4-6,9,11,15H,7-8H2,1-3H3. The summed E-state index contributed by atoms with van der Waals surface area (Å²) < 4.78 is 18.6. The van der Waals surface area contributed by atoms with Crippen molar-refractivity contribution in [2.45, 2.75) is 32.8 Å². The molecule has 0 saturated carbocycles. The summed E-state index contributed by atoms with van der Waals surface area (Å²) in [5.41, 5.74) is 0.596. The summed E-state index contributed by atoms with van der Waals surface area (Å²) in [6, 6.07) is 5.08. The van der Waals surface area contributed by atoms with Gasteiger partial charge < -0.3 is 9.84 Å². The summed E-state index contributed by atoms with van der Waals surface area (Å²) in [4.78, 5) is 0. The fraction of sp³-hybridized carbons (Fsp3) is 0.538. The monoisotopic (exact) mass is 226 g/mol. The zero-order chi connectivity index (χ0) is 12.1. The Labute approximate surface area is 96.1 Å². The molecule has 1 atom stereocenters. The topological polar surface area (TPSA) is 29.5 Å². The molecule has 0 bridgehead atoms. The average molecular weight is 226 g/mol. The van der Waals surface area contributed by atoms with Crippen LogP contribution < -0.4 is 4.74 Å². The molecule has 0 amide bonds. The number of rotatable bonds is 5. The number of halogens is 1. The first kappa shape index (κ1) is 13.0. The Kier molecular flexibility index (Phi) is 4.74. The molecule has 1 rings (SSSR count). The van der Waals surface area contributed by atoms with Gasteiger partial charge in [-0.3, -0.25) is 0 Å². The molecule has 16 heavy (non-hydrogen) atoms. The fourth-order valence-corrected chi connectivity index (χ4v) is 1.54. The van der Waals surface area contributed by atoms with E-state index in [0.717, 1.165) is 0 Å². The van der Waals surface area contributed by atoms with Crippen LogP contribution in [0.25, 0.3) is 0 Å². The van der Waals surface area contributed by atoms with Crippen molar-refractivity contribution < 1.29 is 14.2 Å². The van der Waals surface area contributed by atoms with Crippen molar-refractivity contribution in [2.24, 2.45) is 5.92 Å². The molecule has 0 spiro atoms. The third-order valence-electron chi connectivity index (χ3n) is 2.74. The Morgan fingerprint density at radius 3 is 2.62 bits per heavy atom. The zero-order valence-electron chi connectivity index (χ0n) is 10.0. The number of hydrogen-bond acceptors (Lipinski definition) is 2. The minimum absolute atomic E-state index is 0.202. The number of aliphatic hydroxyl groups is 1. The highest BCUT2D eigenvalue weighted by atomic mass is 19.1. The largest absolute Gasteiger partial charge is 0.494 e. The summed E-state index contributed by atoms with van der Waals surface area (Å²) in [5.74, 6) is 0.145. The number of benzene rings is 1. The van der Waals surface area contributed by atoms with Crippen LogP contribution in [0.15, 0.2) is 18.2 Å². The van der Waals surface area contributed by atoms with Gasteiger partial charge in [-0.05, 0) is 30.4 Å². The van der Waals surface area contributed by atoms with E-state index in [1.54, 1.807) is 18.2 Å². The first-order valence-corrected chi connectivity index (χ1v) is 5.55. The van der Waals surface area contributed by atoms with Crippen LogP contribution in [-0.2, 0) is 6.42 Å². The van der Waals surface area contributed by atoms with Gasteiger partial charge in [0, 0.05) is 0 Å². The second-order valence-electron chi connectivity index (χ2n) is 4.28. The van der Waals surface area contributed by atoms with Crippen molar-refractivity contribution in [3.8, 4) is 5.75 Å². The van der Waals surface area contributed by atoms with Crippen LogP contribution in [0.4, 0.5) is 4.39 Å². The molecule has 2 nitrogen and oxygen atoms in total. The van der Waals surface area contributed by atoms with Crippen molar-refractivity contribution in [3.63, 3.8) is 0 Å².